The van der Waals surface area contributed by atoms with E-state index in [9.17, 15) is 5.11 Å². The van der Waals surface area contributed by atoms with Gasteiger partial charge in [0, 0.05) is 41.9 Å². The minimum Gasteiger partial charge on any atom is -0.378 e. The van der Waals surface area contributed by atoms with Gasteiger partial charge in [-0.15, -0.1) is 0 Å². The molecule has 6 rings (SSSR count). The molecule has 2 aromatic heterocycles. The van der Waals surface area contributed by atoms with Crippen LogP contribution in [0, 0.1) is 6.92 Å². The monoisotopic (exact) mass is 483 g/mol. The van der Waals surface area contributed by atoms with Crippen LogP contribution < -0.4 is 15.5 Å². The van der Waals surface area contributed by atoms with Crippen molar-refractivity contribution < 1.29 is 9.84 Å². The van der Waals surface area contributed by atoms with Crippen LogP contribution in [0.25, 0.3) is 22.3 Å². The van der Waals surface area contributed by atoms with E-state index in [1.54, 1.807) is 6.20 Å². The summed E-state index contributed by atoms with van der Waals surface area (Å²) in [6.07, 6.45) is 0.814. The van der Waals surface area contributed by atoms with Gasteiger partial charge in [0.25, 0.3) is 0 Å². The predicted molar refractivity (Wildman–Crippen MR) is 140 cm³/mol. The van der Waals surface area contributed by atoms with Gasteiger partial charge in [0.15, 0.2) is 6.23 Å². The zero-order valence-electron chi connectivity index (χ0n) is 20.3. The molecule has 2 unspecified atom stereocenters. The second-order valence-corrected chi connectivity index (χ2v) is 9.19. The average molecular weight is 484 g/mol. The molecule has 4 N–H and O–H groups in total. The molecular weight excluding hydrogens is 454 g/mol. The highest BCUT2D eigenvalue weighted by molar-refractivity contribution is 5.98. The lowest BCUT2D eigenvalue weighted by molar-refractivity contribution is 0.122. The largest absolute Gasteiger partial charge is 0.378 e. The fourth-order valence-corrected chi connectivity index (χ4v) is 4.83. The number of aliphatic hydroxyl groups excluding tert-OH is 1. The normalized spacial score (nSPS) is 18.6. The number of para-hydroxylation sites is 1. The molecule has 0 radical (unpaired) electrons. The number of nitrogens with zero attached hydrogens (tertiary/aromatic N) is 4. The van der Waals surface area contributed by atoms with E-state index in [4.69, 9.17) is 9.72 Å². The number of H-pyrrole nitrogens is 1. The van der Waals surface area contributed by atoms with Crippen LogP contribution in [-0.2, 0) is 4.74 Å². The molecule has 0 bridgehead atoms. The molecule has 9 heteroatoms. The molecule has 2 atom stereocenters. The van der Waals surface area contributed by atoms with E-state index >= 15 is 0 Å². The number of aromatic amines is 1. The van der Waals surface area contributed by atoms with Crippen LogP contribution in [0.1, 0.15) is 35.9 Å². The van der Waals surface area contributed by atoms with E-state index in [1.165, 1.54) is 0 Å². The van der Waals surface area contributed by atoms with E-state index in [0.717, 1.165) is 65.7 Å². The highest BCUT2D eigenvalue weighted by atomic mass is 16.5. The summed E-state index contributed by atoms with van der Waals surface area (Å²) in [6.45, 7) is 7.16. The number of ether oxygens (including phenoxy) is 1. The number of aryl methyl sites for hydroxylation is 1. The Morgan fingerprint density at radius 3 is 2.78 bits per heavy atom. The number of morpholine rings is 1. The zero-order valence-corrected chi connectivity index (χ0v) is 20.3. The van der Waals surface area contributed by atoms with Crippen molar-refractivity contribution in [2.45, 2.75) is 26.1 Å². The molecule has 1 saturated heterocycles. The van der Waals surface area contributed by atoms with Crippen LogP contribution in [0.15, 0.2) is 54.7 Å². The Labute approximate surface area is 209 Å². The van der Waals surface area contributed by atoms with Crippen molar-refractivity contribution in [2.75, 3.05) is 36.5 Å². The highest BCUT2D eigenvalue weighted by Crippen LogP contribution is 2.37. The fraction of sp³-hybridized carbons (Fsp3) is 0.296. The predicted octanol–water partition coefficient (Wildman–Crippen LogP) is 3.46. The van der Waals surface area contributed by atoms with E-state index < -0.39 is 6.23 Å². The van der Waals surface area contributed by atoms with Gasteiger partial charge in [0.05, 0.1) is 41.6 Å². The maximum Gasteiger partial charge on any atom is 0.156 e. The number of aromatic nitrogens is 4. The SMILES string of the molecule is Cc1ccnc(C(C)NC2=C(c3nc4ccc(N5CCOCC5)cc4[nH]3)C(O)Nc3ccccc32)n1. The van der Waals surface area contributed by atoms with Gasteiger partial charge in [-0.2, -0.15) is 0 Å². The summed E-state index contributed by atoms with van der Waals surface area (Å²) in [7, 11) is 0. The van der Waals surface area contributed by atoms with E-state index in [-0.39, 0.29) is 6.04 Å². The molecule has 36 heavy (non-hydrogen) atoms. The third-order valence-electron chi connectivity index (χ3n) is 6.69. The van der Waals surface area contributed by atoms with E-state index in [0.29, 0.717) is 17.2 Å². The van der Waals surface area contributed by atoms with Crippen molar-refractivity contribution >= 4 is 33.7 Å². The minimum atomic E-state index is -0.952. The molecule has 1 fully saturated rings. The average Bonchev–Trinajstić information content (AvgIpc) is 3.32. The summed E-state index contributed by atoms with van der Waals surface area (Å²) < 4.78 is 5.50. The summed E-state index contributed by atoms with van der Waals surface area (Å²) in [4.78, 5) is 19.7. The second kappa shape index (κ2) is 9.25. The van der Waals surface area contributed by atoms with Crippen molar-refractivity contribution in [2.24, 2.45) is 0 Å². The van der Waals surface area contributed by atoms with Crippen LogP contribution in [0.4, 0.5) is 11.4 Å². The van der Waals surface area contributed by atoms with Gasteiger partial charge < -0.3 is 30.4 Å². The molecule has 184 valence electrons. The number of benzene rings is 2. The number of fused-ring (bicyclic) bond motifs is 2. The van der Waals surface area contributed by atoms with E-state index in [2.05, 4.69) is 42.6 Å². The maximum absolute atomic E-state index is 11.2. The first kappa shape index (κ1) is 22.5. The molecule has 2 aliphatic rings. The van der Waals surface area contributed by atoms with Gasteiger partial charge in [0.1, 0.15) is 11.6 Å². The van der Waals surface area contributed by atoms with Gasteiger partial charge >= 0.3 is 0 Å². The Hall–Kier alpha value is -3.95. The maximum atomic E-state index is 11.2. The topological polar surface area (TPSA) is 111 Å². The molecule has 9 nitrogen and oxygen atoms in total. The Balaban J connectivity index is 1.44. The smallest absolute Gasteiger partial charge is 0.156 e. The number of anilines is 2. The summed E-state index contributed by atoms with van der Waals surface area (Å²) in [6, 6.07) is 15.8. The van der Waals surface area contributed by atoms with Crippen LogP contribution in [0.2, 0.25) is 0 Å². The summed E-state index contributed by atoms with van der Waals surface area (Å²) in [5.74, 6) is 1.30. The summed E-state index contributed by atoms with van der Waals surface area (Å²) >= 11 is 0. The van der Waals surface area contributed by atoms with Crippen molar-refractivity contribution in [3.63, 3.8) is 0 Å². The molecule has 0 aliphatic carbocycles. The van der Waals surface area contributed by atoms with Crippen molar-refractivity contribution in [3.05, 3.63) is 77.6 Å². The van der Waals surface area contributed by atoms with Gasteiger partial charge in [-0.05, 0) is 44.2 Å². The lowest BCUT2D eigenvalue weighted by Crippen LogP contribution is -2.36. The molecule has 4 heterocycles. The number of hydrogen-bond acceptors (Lipinski definition) is 8. The molecule has 2 aromatic carbocycles. The molecule has 0 saturated carbocycles. The lowest BCUT2D eigenvalue weighted by Gasteiger charge is -2.30. The van der Waals surface area contributed by atoms with Crippen LogP contribution >= 0.6 is 0 Å². The van der Waals surface area contributed by atoms with Crippen molar-refractivity contribution in [1.29, 1.82) is 0 Å². The first-order chi connectivity index (χ1) is 17.6. The van der Waals surface area contributed by atoms with Crippen LogP contribution in [0.3, 0.4) is 0 Å². The number of imidazole rings is 1. The Bertz CT molecular complexity index is 1440. The molecule has 4 aromatic rings. The van der Waals surface area contributed by atoms with Crippen LogP contribution in [-0.4, -0.2) is 57.6 Å². The summed E-state index contributed by atoms with van der Waals surface area (Å²) in [5, 5.41) is 18.0. The lowest BCUT2D eigenvalue weighted by atomic mass is 9.97. The van der Waals surface area contributed by atoms with Crippen molar-refractivity contribution in [1.82, 2.24) is 25.3 Å². The first-order valence-corrected chi connectivity index (χ1v) is 12.2. The minimum absolute atomic E-state index is 0.189. The van der Waals surface area contributed by atoms with Crippen molar-refractivity contribution in [3.8, 4) is 0 Å². The second-order valence-electron chi connectivity index (χ2n) is 9.19. The third-order valence-corrected chi connectivity index (χ3v) is 6.69. The zero-order chi connectivity index (χ0) is 24.6. The molecule has 2 aliphatic heterocycles. The Morgan fingerprint density at radius 2 is 1.94 bits per heavy atom. The van der Waals surface area contributed by atoms with Gasteiger partial charge in [-0.3, -0.25) is 0 Å². The Kier molecular flexibility index (Phi) is 5.79. The van der Waals surface area contributed by atoms with Gasteiger partial charge in [-0.1, -0.05) is 18.2 Å². The highest BCUT2D eigenvalue weighted by Gasteiger charge is 2.30. The molecule has 0 amide bonds. The Morgan fingerprint density at radius 1 is 1.11 bits per heavy atom. The van der Waals surface area contributed by atoms with Gasteiger partial charge in [-0.25, -0.2) is 15.0 Å². The van der Waals surface area contributed by atoms with Crippen LogP contribution in [0.5, 0.6) is 0 Å². The number of nitrogens with one attached hydrogen (secondary N) is 3. The first-order valence-electron chi connectivity index (χ1n) is 12.2. The third kappa shape index (κ3) is 4.16. The number of hydrogen-bond donors (Lipinski definition) is 4. The number of aliphatic hydroxyl groups is 1. The summed E-state index contributed by atoms with van der Waals surface area (Å²) in [5.41, 5.74) is 7.04. The fourth-order valence-electron chi connectivity index (χ4n) is 4.83. The van der Waals surface area contributed by atoms with E-state index in [1.807, 2.05) is 50.2 Å². The standard InChI is InChI=1S/C27H29N7O2/c1-16-9-10-28-25(29-16)17(2)30-24-19-5-3-4-6-20(19)33-27(35)23(24)26-31-21-8-7-18(15-22(21)32-26)34-11-13-36-14-12-34/h3-10,15,17,27,30,33,35H,11-14H2,1-2H3,(H,31,32). The quantitative estimate of drug-likeness (QED) is 0.342. The molecule has 0 spiro atoms. The number of rotatable bonds is 5. The molecular formula is C27H29N7O2. The van der Waals surface area contributed by atoms with Gasteiger partial charge in [0.2, 0.25) is 0 Å².